The van der Waals surface area contributed by atoms with Crippen molar-refractivity contribution in [2.45, 2.75) is 70.2 Å². The third-order valence-electron chi connectivity index (χ3n) is 8.61. The molecule has 1 aliphatic rings. The minimum absolute atomic E-state index is 0.0422. The Labute approximate surface area is 298 Å². The highest BCUT2D eigenvalue weighted by Crippen LogP contribution is 2.25. The molecule has 272 valence electrons. The second-order valence-corrected chi connectivity index (χ2v) is 15.8. The van der Waals surface area contributed by atoms with Crippen LogP contribution in [0.25, 0.3) is 0 Å². The number of rotatable bonds is 18. The fraction of sp³-hybridized carbons (Fsp3) is 0.486. The number of carbonyl (C=O) groups is 3. The predicted molar refractivity (Wildman–Crippen MR) is 191 cm³/mol. The first-order valence-electron chi connectivity index (χ1n) is 16.7. The third-order valence-corrected chi connectivity index (χ3v) is 11.3. The van der Waals surface area contributed by atoms with Gasteiger partial charge in [-0.2, -0.15) is 4.31 Å². The summed E-state index contributed by atoms with van der Waals surface area (Å²) in [6.07, 6.45) is -1.57. The fourth-order valence-electron chi connectivity index (χ4n) is 6.19. The highest BCUT2D eigenvalue weighted by atomic mass is 32.2. The van der Waals surface area contributed by atoms with Gasteiger partial charge in [0.25, 0.3) is 0 Å². The highest BCUT2D eigenvalue weighted by molar-refractivity contribution is 7.89. The molecular formula is C35H48N6O7S2. The Hall–Kier alpha value is -4.05. The van der Waals surface area contributed by atoms with Crippen LogP contribution in [0.1, 0.15) is 43.5 Å². The molecule has 3 N–H and O–H groups in total. The minimum atomic E-state index is -4.07. The molecule has 1 aliphatic heterocycles. The van der Waals surface area contributed by atoms with Gasteiger partial charge in [-0.15, -0.1) is 11.3 Å². The molecule has 3 aromatic rings. The van der Waals surface area contributed by atoms with E-state index in [1.807, 2.05) is 56.5 Å². The van der Waals surface area contributed by atoms with Gasteiger partial charge in [0.2, 0.25) is 21.8 Å². The van der Waals surface area contributed by atoms with E-state index in [0.29, 0.717) is 12.3 Å². The normalized spacial score (nSPS) is 15.4. The number of sulfonamides is 1. The first kappa shape index (κ1) is 38.7. The molecule has 0 saturated carbocycles. The van der Waals surface area contributed by atoms with Crippen molar-refractivity contribution in [3.63, 3.8) is 0 Å². The Morgan fingerprint density at radius 1 is 1.08 bits per heavy atom. The van der Waals surface area contributed by atoms with E-state index in [1.165, 1.54) is 44.7 Å². The number of amides is 4. The van der Waals surface area contributed by atoms with Crippen molar-refractivity contribution < 1.29 is 32.6 Å². The van der Waals surface area contributed by atoms with Crippen molar-refractivity contribution in [2.24, 2.45) is 11.7 Å². The lowest BCUT2D eigenvalue weighted by Crippen LogP contribution is -2.58. The van der Waals surface area contributed by atoms with Gasteiger partial charge in [0.1, 0.15) is 11.8 Å². The number of aliphatic hydroxyl groups is 1. The molecule has 1 fully saturated rings. The van der Waals surface area contributed by atoms with Crippen LogP contribution < -0.4 is 10.5 Å². The van der Waals surface area contributed by atoms with Crippen molar-refractivity contribution in [2.75, 3.05) is 39.8 Å². The van der Waals surface area contributed by atoms with Gasteiger partial charge in [0.15, 0.2) is 0 Å². The van der Waals surface area contributed by atoms with E-state index in [4.69, 9.17) is 10.5 Å². The lowest BCUT2D eigenvalue weighted by molar-refractivity contribution is -0.142. The van der Waals surface area contributed by atoms with Gasteiger partial charge in [-0.05, 0) is 56.0 Å². The molecule has 2 aromatic carbocycles. The van der Waals surface area contributed by atoms with Crippen molar-refractivity contribution in [3.8, 4) is 5.75 Å². The maximum Gasteiger partial charge on any atom is 0.321 e. The van der Waals surface area contributed by atoms with Crippen LogP contribution in [0.4, 0.5) is 4.79 Å². The molecule has 13 nitrogen and oxygen atoms in total. The maximum absolute atomic E-state index is 14.5. The van der Waals surface area contributed by atoms with Crippen LogP contribution in [0, 0.1) is 12.8 Å². The number of aryl methyl sites for hydroxylation is 1. The van der Waals surface area contributed by atoms with Crippen molar-refractivity contribution in [3.05, 3.63) is 76.2 Å². The third kappa shape index (κ3) is 9.59. The number of methoxy groups -OCH3 is 1. The molecule has 50 heavy (non-hydrogen) atoms. The van der Waals surface area contributed by atoms with Crippen molar-refractivity contribution >= 4 is 39.2 Å². The molecule has 1 saturated heterocycles. The summed E-state index contributed by atoms with van der Waals surface area (Å²) in [5, 5.41) is 14.7. The highest BCUT2D eigenvalue weighted by Gasteiger charge is 2.43. The number of nitrogens with two attached hydrogens (primary N) is 1. The van der Waals surface area contributed by atoms with E-state index >= 15 is 0 Å². The fourth-order valence-corrected chi connectivity index (χ4v) is 8.42. The molecule has 0 unspecified atom stereocenters. The van der Waals surface area contributed by atoms with Crippen LogP contribution in [-0.2, 0) is 32.6 Å². The van der Waals surface area contributed by atoms with E-state index in [9.17, 15) is 27.9 Å². The second-order valence-electron chi connectivity index (χ2n) is 12.8. The van der Waals surface area contributed by atoms with Crippen molar-refractivity contribution in [1.29, 1.82) is 0 Å². The molecule has 1 aromatic heterocycles. The molecule has 2 heterocycles. The summed E-state index contributed by atoms with van der Waals surface area (Å²) < 4.78 is 34.3. The summed E-state index contributed by atoms with van der Waals surface area (Å²) in [5.74, 6) is -0.888. The summed E-state index contributed by atoms with van der Waals surface area (Å²) in [6, 6.07) is 12.7. The number of aromatic nitrogens is 1. The number of hydrogen-bond acceptors (Lipinski definition) is 9. The van der Waals surface area contributed by atoms with Gasteiger partial charge in [-0.25, -0.2) is 18.2 Å². The number of likely N-dealkylation sites (N-methyl/N-ethyl adjacent to an activating group) is 1. The zero-order chi connectivity index (χ0) is 36.6. The van der Waals surface area contributed by atoms with E-state index in [1.54, 1.807) is 24.0 Å². The van der Waals surface area contributed by atoms with Gasteiger partial charge in [0.05, 0.1) is 47.8 Å². The molecule has 0 bridgehead atoms. The second kappa shape index (κ2) is 17.2. The summed E-state index contributed by atoms with van der Waals surface area (Å²) in [7, 11) is -2.58. The van der Waals surface area contributed by atoms with Crippen LogP contribution in [-0.4, -0.2) is 113 Å². The predicted octanol–water partition coefficient (Wildman–Crippen LogP) is 3.11. The Bertz CT molecular complexity index is 1700. The Morgan fingerprint density at radius 2 is 1.76 bits per heavy atom. The number of aliphatic hydroxyl groups excluding tert-OH is 1. The first-order chi connectivity index (χ1) is 23.7. The van der Waals surface area contributed by atoms with Crippen LogP contribution >= 0.6 is 11.3 Å². The molecular weight excluding hydrogens is 681 g/mol. The number of thiazole rings is 1. The van der Waals surface area contributed by atoms with Gasteiger partial charge in [0, 0.05) is 38.1 Å². The summed E-state index contributed by atoms with van der Waals surface area (Å²) in [5.41, 5.74) is 7.18. The Morgan fingerprint density at radius 3 is 2.32 bits per heavy atom. The maximum atomic E-state index is 14.5. The number of carbonyl (C=O) groups excluding carboxylic acids is 3. The summed E-state index contributed by atoms with van der Waals surface area (Å²) >= 11 is 1.48. The molecule has 4 amide bonds. The average molecular weight is 729 g/mol. The Kier molecular flexibility index (Phi) is 13.4. The zero-order valence-electron chi connectivity index (χ0n) is 29.3. The smallest absolute Gasteiger partial charge is 0.321 e. The summed E-state index contributed by atoms with van der Waals surface area (Å²) in [4.78, 5) is 49.4. The van der Waals surface area contributed by atoms with Crippen molar-refractivity contribution in [1.82, 2.24) is 24.0 Å². The van der Waals surface area contributed by atoms with E-state index in [0.717, 1.165) is 16.3 Å². The molecule has 15 heteroatoms. The number of urea groups is 1. The van der Waals surface area contributed by atoms with Gasteiger partial charge >= 0.3 is 6.03 Å². The number of ether oxygens (including phenoxy) is 1. The van der Waals surface area contributed by atoms with Gasteiger partial charge in [-0.1, -0.05) is 44.2 Å². The van der Waals surface area contributed by atoms with E-state index in [2.05, 4.69) is 4.98 Å². The molecule has 0 radical (unpaired) electrons. The quantitative estimate of drug-likeness (QED) is 0.202. The first-order valence-corrected chi connectivity index (χ1v) is 19.0. The number of nitrogens with zero attached hydrogens (tertiary/aromatic N) is 5. The van der Waals surface area contributed by atoms with E-state index < -0.39 is 52.5 Å². The topological polar surface area (TPSA) is 167 Å². The largest absolute Gasteiger partial charge is 0.497 e. The standard InChI is InChI=1S/C35H48N6O7S2/c1-6-40(34(44)31(19-33(36)43)41-17-16-38(35(41)45)21-27-23-49-25(4)37-27)30(18-26-10-8-7-9-11-26)32(42)22-39(20-24(2)3)50(46,47)29-14-12-28(48-5)13-15-29/h7-15,23-24,30-32,42H,6,16-22H2,1-5H3,(H2,36,43)/t30-,31-,32+/m0/s1. The number of primary amides is 1. The lowest BCUT2D eigenvalue weighted by Gasteiger charge is -2.39. The molecule has 0 spiro atoms. The lowest BCUT2D eigenvalue weighted by atomic mass is 9.97. The zero-order valence-corrected chi connectivity index (χ0v) is 30.9. The summed E-state index contributed by atoms with van der Waals surface area (Å²) in [6.45, 7) is 8.09. The average Bonchev–Trinajstić information content (AvgIpc) is 3.67. The number of hydrogen-bond donors (Lipinski definition) is 2. The van der Waals surface area contributed by atoms with Gasteiger partial charge < -0.3 is 30.3 Å². The number of benzene rings is 2. The van der Waals surface area contributed by atoms with Crippen LogP contribution in [0.3, 0.4) is 0 Å². The van der Waals surface area contributed by atoms with Crippen LogP contribution in [0.15, 0.2) is 64.9 Å². The monoisotopic (exact) mass is 728 g/mol. The minimum Gasteiger partial charge on any atom is -0.497 e. The molecule has 0 aliphatic carbocycles. The molecule has 4 rings (SSSR count). The molecule has 3 atom stereocenters. The van der Waals surface area contributed by atoms with E-state index in [-0.39, 0.29) is 50.0 Å². The van der Waals surface area contributed by atoms with Gasteiger partial charge in [-0.3, -0.25) is 9.59 Å². The SMILES string of the molecule is CCN(C(=O)[C@H](CC(N)=O)N1CCN(Cc2csc(C)n2)C1=O)[C@@H](Cc1ccccc1)[C@H](O)CN(CC(C)C)S(=O)(=O)c1ccc(OC)cc1. The Balaban J connectivity index is 1.66. The van der Waals surface area contributed by atoms with Crippen LogP contribution in [0.5, 0.6) is 5.75 Å². The van der Waals surface area contributed by atoms with Crippen LogP contribution in [0.2, 0.25) is 0 Å².